The second-order valence-corrected chi connectivity index (χ2v) is 2.30. The molecule has 0 unspecified atom stereocenters. The molecule has 3 heteroatoms. The summed E-state index contributed by atoms with van der Waals surface area (Å²) in [6, 6.07) is 9.25. The monoisotopic (exact) mass is 177 g/mol. The highest BCUT2D eigenvalue weighted by Gasteiger charge is 1.99. The summed E-state index contributed by atoms with van der Waals surface area (Å²) in [7, 11) is 1.50. The van der Waals surface area contributed by atoms with Crippen molar-refractivity contribution in [1.82, 2.24) is 0 Å². The largest absolute Gasteiger partial charge is 0.453 e. The highest BCUT2D eigenvalue weighted by molar-refractivity contribution is 5.84. The number of rotatable bonds is 1. The van der Waals surface area contributed by atoms with E-state index in [-0.39, 0.29) is 0 Å². The molecule has 2 aromatic rings. The molecule has 2 N–H and O–H groups in total. The van der Waals surface area contributed by atoms with Gasteiger partial charge >= 0.3 is 0 Å². The third-order valence-electron chi connectivity index (χ3n) is 1.56. The number of nitrogens with two attached hydrogens (primary N) is 1. The smallest absolute Gasteiger partial charge is 0.185 e. The number of fused-ring (bicyclic) bond motifs is 1. The van der Waals surface area contributed by atoms with Crippen LogP contribution in [0.1, 0.15) is 10.6 Å². The van der Waals surface area contributed by atoms with Crippen LogP contribution in [0.2, 0.25) is 0 Å². The van der Waals surface area contributed by atoms with Crippen molar-refractivity contribution in [3.63, 3.8) is 0 Å². The van der Waals surface area contributed by atoms with Crippen molar-refractivity contribution in [3.8, 4) is 0 Å². The summed E-state index contributed by atoms with van der Waals surface area (Å²) in [5.74, 6) is 0.381. The van der Waals surface area contributed by atoms with E-state index in [9.17, 15) is 4.79 Å². The SMILES string of the molecule is CN.O=Cc1cc2ccccc2o1. The van der Waals surface area contributed by atoms with Gasteiger partial charge in [0.05, 0.1) is 0 Å². The Hall–Kier alpha value is -1.61. The van der Waals surface area contributed by atoms with Crippen LogP contribution in [0.15, 0.2) is 34.7 Å². The Labute approximate surface area is 76.1 Å². The number of aldehydes is 1. The molecule has 0 bridgehead atoms. The number of hydrogen-bond acceptors (Lipinski definition) is 3. The third-order valence-corrected chi connectivity index (χ3v) is 1.56. The van der Waals surface area contributed by atoms with Crippen LogP contribution in [0, 0.1) is 0 Å². The van der Waals surface area contributed by atoms with Crippen molar-refractivity contribution >= 4 is 17.3 Å². The number of para-hydroxylation sites is 1. The molecule has 0 aliphatic rings. The van der Waals surface area contributed by atoms with Gasteiger partial charge in [0.2, 0.25) is 0 Å². The Morgan fingerprint density at radius 2 is 2.00 bits per heavy atom. The first-order chi connectivity index (χ1) is 6.40. The second kappa shape index (κ2) is 4.42. The van der Waals surface area contributed by atoms with Gasteiger partial charge in [0, 0.05) is 5.39 Å². The van der Waals surface area contributed by atoms with Crippen molar-refractivity contribution in [3.05, 3.63) is 36.1 Å². The topological polar surface area (TPSA) is 56.2 Å². The molecule has 0 amide bonds. The van der Waals surface area contributed by atoms with E-state index in [1.165, 1.54) is 7.05 Å². The van der Waals surface area contributed by atoms with Crippen LogP contribution < -0.4 is 5.73 Å². The molecule has 0 saturated heterocycles. The minimum Gasteiger partial charge on any atom is -0.453 e. The van der Waals surface area contributed by atoms with Crippen LogP contribution >= 0.6 is 0 Å². The molecule has 3 nitrogen and oxygen atoms in total. The number of benzene rings is 1. The first kappa shape index (κ1) is 9.48. The second-order valence-electron chi connectivity index (χ2n) is 2.30. The van der Waals surface area contributed by atoms with Gasteiger partial charge in [-0.1, -0.05) is 18.2 Å². The molecule has 0 aliphatic heterocycles. The lowest BCUT2D eigenvalue weighted by Crippen LogP contribution is -1.69. The van der Waals surface area contributed by atoms with Gasteiger partial charge < -0.3 is 10.2 Å². The summed E-state index contributed by atoms with van der Waals surface area (Å²) < 4.78 is 5.15. The zero-order valence-corrected chi connectivity index (χ0v) is 7.36. The van der Waals surface area contributed by atoms with E-state index < -0.39 is 0 Å². The number of carbonyl (C=O) groups excluding carboxylic acids is 1. The molecule has 0 radical (unpaired) electrons. The van der Waals surface area contributed by atoms with Gasteiger partial charge in [-0.25, -0.2) is 0 Å². The maximum absolute atomic E-state index is 10.3. The summed E-state index contributed by atoms with van der Waals surface area (Å²) in [5.41, 5.74) is 5.26. The summed E-state index contributed by atoms with van der Waals surface area (Å²) in [6.45, 7) is 0. The quantitative estimate of drug-likeness (QED) is 0.676. The summed E-state index contributed by atoms with van der Waals surface area (Å²) in [4.78, 5) is 10.3. The lowest BCUT2D eigenvalue weighted by atomic mass is 10.2. The van der Waals surface area contributed by atoms with E-state index in [1.807, 2.05) is 24.3 Å². The summed E-state index contributed by atoms with van der Waals surface area (Å²) in [6.07, 6.45) is 0.708. The normalized spacial score (nSPS) is 9.08. The van der Waals surface area contributed by atoms with Crippen molar-refractivity contribution < 1.29 is 9.21 Å². The van der Waals surface area contributed by atoms with Gasteiger partial charge in [-0.2, -0.15) is 0 Å². The molecule has 0 fully saturated rings. The van der Waals surface area contributed by atoms with E-state index in [0.29, 0.717) is 12.0 Å². The number of carbonyl (C=O) groups is 1. The summed E-state index contributed by atoms with van der Waals surface area (Å²) >= 11 is 0. The maximum Gasteiger partial charge on any atom is 0.185 e. The summed E-state index contributed by atoms with van der Waals surface area (Å²) in [5, 5.41) is 0.967. The fraction of sp³-hybridized carbons (Fsp3) is 0.100. The Kier molecular flexibility index (Phi) is 3.23. The lowest BCUT2D eigenvalue weighted by molar-refractivity contribution is 0.110. The first-order valence-electron chi connectivity index (χ1n) is 3.91. The average Bonchev–Trinajstić information content (AvgIpc) is 2.63. The number of hydrogen-bond donors (Lipinski definition) is 1. The fourth-order valence-corrected chi connectivity index (χ4v) is 1.06. The third kappa shape index (κ3) is 1.95. The molecule has 1 heterocycles. The minimum atomic E-state index is 0.381. The fourth-order valence-electron chi connectivity index (χ4n) is 1.06. The molecule has 13 heavy (non-hydrogen) atoms. The van der Waals surface area contributed by atoms with Crippen molar-refractivity contribution in [1.29, 1.82) is 0 Å². The van der Waals surface area contributed by atoms with E-state index in [1.54, 1.807) is 6.07 Å². The van der Waals surface area contributed by atoms with Crippen LogP contribution in [0.25, 0.3) is 11.0 Å². The van der Waals surface area contributed by atoms with Gasteiger partial charge in [-0.05, 0) is 19.2 Å². The van der Waals surface area contributed by atoms with Crippen molar-refractivity contribution in [2.75, 3.05) is 7.05 Å². The van der Waals surface area contributed by atoms with E-state index in [4.69, 9.17) is 4.42 Å². The van der Waals surface area contributed by atoms with Gasteiger partial charge in [-0.3, -0.25) is 4.79 Å². The minimum absolute atomic E-state index is 0.381. The molecule has 2 rings (SSSR count). The van der Waals surface area contributed by atoms with Gasteiger partial charge in [0.25, 0.3) is 0 Å². The Balaban J connectivity index is 0.000000396. The Morgan fingerprint density at radius 3 is 2.62 bits per heavy atom. The van der Waals surface area contributed by atoms with Crippen LogP contribution in [0.4, 0.5) is 0 Å². The van der Waals surface area contributed by atoms with Crippen molar-refractivity contribution in [2.24, 2.45) is 5.73 Å². The maximum atomic E-state index is 10.3. The number of furan rings is 1. The van der Waals surface area contributed by atoms with Crippen LogP contribution in [0.3, 0.4) is 0 Å². The van der Waals surface area contributed by atoms with E-state index in [0.717, 1.165) is 11.0 Å². The molecular weight excluding hydrogens is 166 g/mol. The molecule has 0 atom stereocenters. The molecule has 0 spiro atoms. The van der Waals surface area contributed by atoms with Crippen LogP contribution in [-0.4, -0.2) is 13.3 Å². The van der Waals surface area contributed by atoms with Gasteiger partial charge in [0.1, 0.15) is 5.58 Å². The molecule has 1 aromatic heterocycles. The Bertz CT molecular complexity index is 359. The molecule has 0 saturated carbocycles. The van der Waals surface area contributed by atoms with E-state index in [2.05, 4.69) is 5.73 Å². The van der Waals surface area contributed by atoms with Gasteiger partial charge in [-0.15, -0.1) is 0 Å². The first-order valence-corrected chi connectivity index (χ1v) is 3.91. The molecule has 1 aromatic carbocycles. The zero-order chi connectivity index (χ0) is 9.68. The predicted octanol–water partition coefficient (Wildman–Crippen LogP) is 1.82. The zero-order valence-electron chi connectivity index (χ0n) is 7.36. The van der Waals surface area contributed by atoms with Crippen LogP contribution in [-0.2, 0) is 0 Å². The van der Waals surface area contributed by atoms with Gasteiger partial charge in [0.15, 0.2) is 12.0 Å². The lowest BCUT2D eigenvalue weighted by Gasteiger charge is -1.81. The molecule has 0 aliphatic carbocycles. The van der Waals surface area contributed by atoms with Crippen molar-refractivity contribution in [2.45, 2.75) is 0 Å². The predicted molar refractivity (Wildman–Crippen MR) is 51.7 cm³/mol. The highest BCUT2D eigenvalue weighted by Crippen LogP contribution is 2.16. The van der Waals surface area contributed by atoms with E-state index >= 15 is 0 Å². The average molecular weight is 177 g/mol. The standard InChI is InChI=1S/C9H6O2.CH5N/c10-6-8-5-7-3-1-2-4-9(7)11-8;1-2/h1-6H;2H2,1H3. The highest BCUT2D eigenvalue weighted by atomic mass is 16.3. The Morgan fingerprint density at radius 1 is 1.31 bits per heavy atom. The van der Waals surface area contributed by atoms with Crippen LogP contribution in [0.5, 0.6) is 0 Å². The molecule has 68 valence electrons. The molecular formula is C10H11NO2.